The number of aromatic nitrogens is 3. The molecule has 0 fully saturated rings. The molecule has 0 aliphatic carbocycles. The normalized spacial score (nSPS) is 10.9. The average Bonchev–Trinajstić information content (AvgIpc) is 2.61. The number of carboxylic acids is 1. The lowest BCUT2D eigenvalue weighted by molar-refractivity contribution is 0.0685. The van der Waals surface area contributed by atoms with Crippen LogP contribution in [0.1, 0.15) is 24.5 Å². The molecule has 0 spiro atoms. The van der Waals surface area contributed by atoms with Crippen LogP contribution in [0.15, 0.2) is 12.3 Å². The van der Waals surface area contributed by atoms with Gasteiger partial charge in [0.25, 0.3) is 0 Å². The van der Waals surface area contributed by atoms with Gasteiger partial charge in [-0.3, -0.25) is 0 Å². The zero-order valence-corrected chi connectivity index (χ0v) is 8.98. The average molecular weight is 220 g/mol. The molecule has 0 saturated carbocycles. The van der Waals surface area contributed by atoms with Crippen molar-refractivity contribution in [3.8, 4) is 0 Å². The summed E-state index contributed by atoms with van der Waals surface area (Å²) in [5.41, 5.74) is 1.83. The van der Waals surface area contributed by atoms with Gasteiger partial charge < -0.3 is 15.4 Å². The zero-order valence-electron chi connectivity index (χ0n) is 8.98. The van der Waals surface area contributed by atoms with Crippen LogP contribution in [0.2, 0.25) is 0 Å². The molecule has 2 aromatic heterocycles. The van der Waals surface area contributed by atoms with E-state index in [1.165, 1.54) is 0 Å². The van der Waals surface area contributed by atoms with Gasteiger partial charge in [-0.05, 0) is 19.9 Å². The highest BCUT2D eigenvalue weighted by Crippen LogP contribution is 2.19. The Hall–Kier alpha value is -2.11. The van der Waals surface area contributed by atoms with E-state index in [1.54, 1.807) is 12.3 Å². The topological polar surface area (TPSA) is 90.9 Å². The predicted octanol–water partition coefficient (Wildman–Crippen LogP) is 1.48. The van der Waals surface area contributed by atoms with E-state index in [9.17, 15) is 4.79 Å². The molecule has 0 amide bonds. The van der Waals surface area contributed by atoms with Crippen LogP contribution in [0.3, 0.4) is 0 Å². The van der Waals surface area contributed by atoms with E-state index >= 15 is 0 Å². The molecular formula is C10H12N4O2. The maximum atomic E-state index is 10.8. The third kappa shape index (κ3) is 1.81. The second-order valence-corrected chi connectivity index (χ2v) is 3.75. The first-order valence-electron chi connectivity index (χ1n) is 4.92. The summed E-state index contributed by atoms with van der Waals surface area (Å²) in [5, 5.41) is 12.0. The number of aromatic carboxylic acids is 1. The van der Waals surface area contributed by atoms with Gasteiger partial charge in [0.05, 0.1) is 5.69 Å². The number of hydrogen-bond donors (Lipinski definition) is 3. The summed E-state index contributed by atoms with van der Waals surface area (Å²) < 4.78 is 0. The monoisotopic (exact) mass is 220 g/mol. The van der Waals surface area contributed by atoms with Gasteiger partial charge in [0.2, 0.25) is 5.82 Å². The van der Waals surface area contributed by atoms with Crippen molar-refractivity contribution in [1.82, 2.24) is 15.0 Å². The van der Waals surface area contributed by atoms with Gasteiger partial charge in [0.15, 0.2) is 5.65 Å². The standard InChI is InChI=1S/C10H12N4O2/c1-5(2)12-6-3-4-11-8-7(6)13-9(14-8)10(15)16/h3-5H,1-2H3,(H,15,16)(H2,11,12,13,14). The molecule has 6 nitrogen and oxygen atoms in total. The molecule has 0 saturated heterocycles. The molecule has 6 heteroatoms. The number of pyridine rings is 1. The maximum absolute atomic E-state index is 10.8. The molecule has 2 aromatic rings. The Bertz CT molecular complexity index is 533. The van der Waals surface area contributed by atoms with Crippen LogP contribution in [0.5, 0.6) is 0 Å². The van der Waals surface area contributed by atoms with E-state index in [-0.39, 0.29) is 11.9 Å². The van der Waals surface area contributed by atoms with E-state index in [4.69, 9.17) is 5.11 Å². The van der Waals surface area contributed by atoms with Crippen LogP contribution in [-0.2, 0) is 0 Å². The molecule has 0 aliphatic rings. The fourth-order valence-corrected chi connectivity index (χ4v) is 1.44. The van der Waals surface area contributed by atoms with Crippen molar-refractivity contribution in [2.45, 2.75) is 19.9 Å². The van der Waals surface area contributed by atoms with Crippen LogP contribution in [0.25, 0.3) is 11.2 Å². The molecule has 2 heterocycles. The highest BCUT2D eigenvalue weighted by atomic mass is 16.4. The van der Waals surface area contributed by atoms with Gasteiger partial charge >= 0.3 is 5.97 Å². The molecule has 0 aromatic carbocycles. The van der Waals surface area contributed by atoms with Crippen LogP contribution >= 0.6 is 0 Å². The predicted molar refractivity (Wildman–Crippen MR) is 59.6 cm³/mol. The smallest absolute Gasteiger partial charge is 0.371 e. The Balaban J connectivity index is 2.54. The van der Waals surface area contributed by atoms with Gasteiger partial charge in [-0.1, -0.05) is 0 Å². The van der Waals surface area contributed by atoms with Crippen molar-refractivity contribution in [3.63, 3.8) is 0 Å². The lowest BCUT2D eigenvalue weighted by Gasteiger charge is -2.09. The lowest BCUT2D eigenvalue weighted by atomic mass is 10.3. The SMILES string of the molecule is CC(C)Nc1ccnc2nc(C(=O)O)[nH]c12. The molecule has 0 unspecified atom stereocenters. The second-order valence-electron chi connectivity index (χ2n) is 3.75. The first kappa shape index (κ1) is 10.4. The van der Waals surface area contributed by atoms with Crippen LogP contribution in [0, 0.1) is 0 Å². The summed E-state index contributed by atoms with van der Waals surface area (Å²) >= 11 is 0. The van der Waals surface area contributed by atoms with Crippen molar-refractivity contribution >= 4 is 22.8 Å². The number of aromatic amines is 1. The summed E-state index contributed by atoms with van der Waals surface area (Å²) in [4.78, 5) is 21.4. The molecule has 0 radical (unpaired) electrons. The van der Waals surface area contributed by atoms with Crippen molar-refractivity contribution < 1.29 is 9.90 Å². The number of nitrogens with zero attached hydrogens (tertiary/aromatic N) is 2. The number of hydrogen-bond acceptors (Lipinski definition) is 4. The minimum Gasteiger partial charge on any atom is -0.475 e. The van der Waals surface area contributed by atoms with Crippen molar-refractivity contribution in [3.05, 3.63) is 18.1 Å². The van der Waals surface area contributed by atoms with Gasteiger partial charge in [0.1, 0.15) is 5.52 Å². The quantitative estimate of drug-likeness (QED) is 0.728. The van der Waals surface area contributed by atoms with Crippen LogP contribution in [-0.4, -0.2) is 32.1 Å². The molecule has 0 bridgehead atoms. The van der Waals surface area contributed by atoms with Crippen molar-refractivity contribution in [1.29, 1.82) is 0 Å². The van der Waals surface area contributed by atoms with Gasteiger partial charge in [0, 0.05) is 12.2 Å². The number of nitrogens with one attached hydrogen (secondary N) is 2. The highest BCUT2D eigenvalue weighted by Gasteiger charge is 2.12. The zero-order chi connectivity index (χ0) is 11.7. The molecule has 0 atom stereocenters. The van der Waals surface area contributed by atoms with Gasteiger partial charge in [-0.15, -0.1) is 0 Å². The molecular weight excluding hydrogens is 208 g/mol. The van der Waals surface area contributed by atoms with E-state index in [0.717, 1.165) is 5.69 Å². The Labute approximate surface area is 91.7 Å². The first-order chi connectivity index (χ1) is 7.58. The van der Waals surface area contributed by atoms with Crippen molar-refractivity contribution in [2.24, 2.45) is 0 Å². The summed E-state index contributed by atoms with van der Waals surface area (Å²) in [6.45, 7) is 4.00. The van der Waals surface area contributed by atoms with E-state index in [0.29, 0.717) is 11.2 Å². The van der Waals surface area contributed by atoms with Gasteiger partial charge in [-0.2, -0.15) is 0 Å². The highest BCUT2D eigenvalue weighted by molar-refractivity contribution is 5.92. The summed E-state index contributed by atoms with van der Waals surface area (Å²) in [7, 11) is 0. The maximum Gasteiger partial charge on any atom is 0.371 e. The number of anilines is 1. The third-order valence-electron chi connectivity index (χ3n) is 2.04. The number of carbonyl (C=O) groups is 1. The Kier molecular flexibility index (Phi) is 2.47. The fourth-order valence-electron chi connectivity index (χ4n) is 1.44. The number of imidazole rings is 1. The number of H-pyrrole nitrogens is 1. The largest absolute Gasteiger partial charge is 0.475 e. The fraction of sp³-hybridized carbons (Fsp3) is 0.300. The molecule has 3 N–H and O–H groups in total. The Morgan fingerprint density at radius 3 is 2.94 bits per heavy atom. The number of fused-ring (bicyclic) bond motifs is 1. The Morgan fingerprint density at radius 2 is 2.31 bits per heavy atom. The lowest BCUT2D eigenvalue weighted by Crippen LogP contribution is -2.10. The molecule has 84 valence electrons. The molecule has 16 heavy (non-hydrogen) atoms. The second kappa shape index (κ2) is 3.80. The summed E-state index contributed by atoms with van der Waals surface area (Å²) in [5.74, 6) is -1.19. The summed E-state index contributed by atoms with van der Waals surface area (Å²) in [6, 6.07) is 2.04. The minimum absolute atomic E-state index is 0.0968. The number of carboxylic acid groups (broad SMARTS) is 1. The molecule has 0 aliphatic heterocycles. The minimum atomic E-state index is -1.09. The van der Waals surface area contributed by atoms with E-state index in [1.807, 2.05) is 13.8 Å². The van der Waals surface area contributed by atoms with Gasteiger partial charge in [-0.25, -0.2) is 14.8 Å². The van der Waals surface area contributed by atoms with Crippen LogP contribution in [0.4, 0.5) is 5.69 Å². The molecule has 2 rings (SSSR count). The Morgan fingerprint density at radius 1 is 1.56 bits per heavy atom. The summed E-state index contributed by atoms with van der Waals surface area (Å²) in [6.07, 6.45) is 1.60. The van der Waals surface area contributed by atoms with E-state index < -0.39 is 5.97 Å². The third-order valence-corrected chi connectivity index (χ3v) is 2.04. The van der Waals surface area contributed by atoms with Crippen LogP contribution < -0.4 is 5.32 Å². The van der Waals surface area contributed by atoms with E-state index in [2.05, 4.69) is 20.3 Å². The van der Waals surface area contributed by atoms with Crippen molar-refractivity contribution in [2.75, 3.05) is 5.32 Å². The first-order valence-corrected chi connectivity index (χ1v) is 4.92. The number of rotatable bonds is 3.